The van der Waals surface area contributed by atoms with Crippen molar-refractivity contribution in [2.24, 2.45) is 0 Å². The zero-order valence-corrected chi connectivity index (χ0v) is 15.0. The Morgan fingerprint density at radius 2 is 2.00 bits per heavy atom. The van der Waals surface area contributed by atoms with E-state index in [1.165, 1.54) is 5.56 Å². The van der Waals surface area contributed by atoms with Gasteiger partial charge in [-0.05, 0) is 37.7 Å². The van der Waals surface area contributed by atoms with E-state index in [2.05, 4.69) is 40.5 Å². The molecule has 2 amide bonds. The van der Waals surface area contributed by atoms with Gasteiger partial charge in [0.1, 0.15) is 0 Å². The molecule has 3 aliphatic heterocycles. The first kappa shape index (κ1) is 16.9. The molecule has 2 atom stereocenters. The first-order valence-corrected chi connectivity index (χ1v) is 9.68. The first-order chi connectivity index (χ1) is 12.2. The fraction of sp³-hybridized carbons (Fsp3) is 0.650. The van der Waals surface area contributed by atoms with E-state index >= 15 is 0 Å². The monoisotopic (exact) mass is 343 g/mol. The molecular formula is C20H29N3O2. The van der Waals surface area contributed by atoms with Crippen molar-refractivity contribution in [3.8, 4) is 0 Å². The van der Waals surface area contributed by atoms with Crippen LogP contribution in [0, 0.1) is 0 Å². The third-order valence-corrected chi connectivity index (χ3v) is 5.86. The lowest BCUT2D eigenvalue weighted by Gasteiger charge is -2.39. The predicted octanol–water partition coefficient (Wildman–Crippen LogP) is 2.62. The standard InChI is InChI=1S/C20H29N3O2/c24-19(23-10-4-5-11-23)21-18-8-13-25-20(14-18)9-12-22(16-20)15-17-6-2-1-3-7-17/h1-3,6-7,18H,4-5,8-16H2,(H,21,24)/t18-,20+/m0/s1. The zero-order valence-electron chi connectivity index (χ0n) is 15.0. The van der Waals surface area contributed by atoms with Crippen LogP contribution in [0.5, 0.6) is 0 Å². The molecule has 0 radical (unpaired) electrons. The molecule has 1 aromatic rings. The summed E-state index contributed by atoms with van der Waals surface area (Å²) in [5, 5.41) is 3.26. The second kappa shape index (κ2) is 7.34. The van der Waals surface area contributed by atoms with Crippen LogP contribution in [0.2, 0.25) is 0 Å². The maximum atomic E-state index is 12.4. The minimum absolute atomic E-state index is 0.0734. The van der Waals surface area contributed by atoms with Crippen LogP contribution >= 0.6 is 0 Å². The van der Waals surface area contributed by atoms with Gasteiger partial charge in [-0.2, -0.15) is 0 Å². The van der Waals surface area contributed by atoms with Crippen LogP contribution in [-0.2, 0) is 11.3 Å². The minimum Gasteiger partial charge on any atom is -0.373 e. The van der Waals surface area contributed by atoms with Gasteiger partial charge in [-0.25, -0.2) is 4.79 Å². The summed E-state index contributed by atoms with van der Waals surface area (Å²) in [7, 11) is 0. The molecule has 0 bridgehead atoms. The van der Waals surface area contributed by atoms with Gasteiger partial charge in [0.25, 0.3) is 0 Å². The largest absolute Gasteiger partial charge is 0.373 e. The molecule has 3 fully saturated rings. The van der Waals surface area contributed by atoms with Gasteiger partial charge in [0.15, 0.2) is 0 Å². The Balaban J connectivity index is 1.32. The van der Waals surface area contributed by atoms with Crippen LogP contribution in [0.4, 0.5) is 4.79 Å². The fourth-order valence-corrected chi connectivity index (χ4v) is 4.53. The number of urea groups is 1. The van der Waals surface area contributed by atoms with Crippen molar-refractivity contribution in [2.75, 3.05) is 32.8 Å². The van der Waals surface area contributed by atoms with E-state index in [4.69, 9.17) is 4.74 Å². The quantitative estimate of drug-likeness (QED) is 0.918. The molecule has 0 aromatic heterocycles. The Hall–Kier alpha value is -1.59. The zero-order chi connectivity index (χ0) is 17.1. The molecule has 5 heteroatoms. The summed E-state index contributed by atoms with van der Waals surface area (Å²) in [6.45, 7) is 5.59. The molecule has 1 spiro atoms. The number of amides is 2. The molecule has 1 N–H and O–H groups in total. The average Bonchev–Trinajstić information content (AvgIpc) is 3.27. The van der Waals surface area contributed by atoms with E-state index < -0.39 is 0 Å². The lowest BCUT2D eigenvalue weighted by atomic mass is 9.89. The molecule has 0 aliphatic carbocycles. The molecular weight excluding hydrogens is 314 g/mol. The molecule has 0 saturated carbocycles. The normalized spacial score (nSPS) is 30.1. The van der Waals surface area contributed by atoms with Crippen molar-refractivity contribution in [3.63, 3.8) is 0 Å². The van der Waals surface area contributed by atoms with E-state index in [-0.39, 0.29) is 17.7 Å². The Bertz CT molecular complexity index is 588. The van der Waals surface area contributed by atoms with E-state index in [1.54, 1.807) is 0 Å². The number of hydrogen-bond acceptors (Lipinski definition) is 3. The highest BCUT2D eigenvalue weighted by molar-refractivity contribution is 5.74. The van der Waals surface area contributed by atoms with Gasteiger partial charge >= 0.3 is 6.03 Å². The van der Waals surface area contributed by atoms with Gasteiger partial charge in [-0.1, -0.05) is 30.3 Å². The van der Waals surface area contributed by atoms with Crippen LogP contribution in [0.15, 0.2) is 30.3 Å². The Morgan fingerprint density at radius 1 is 1.20 bits per heavy atom. The summed E-state index contributed by atoms with van der Waals surface area (Å²) in [6, 6.07) is 11.0. The number of likely N-dealkylation sites (tertiary alicyclic amines) is 2. The molecule has 136 valence electrons. The number of nitrogens with zero attached hydrogens (tertiary/aromatic N) is 2. The third kappa shape index (κ3) is 3.98. The van der Waals surface area contributed by atoms with Gasteiger partial charge in [0.2, 0.25) is 0 Å². The van der Waals surface area contributed by atoms with Crippen molar-refractivity contribution >= 4 is 6.03 Å². The molecule has 4 rings (SSSR count). The number of carbonyl (C=O) groups excluding carboxylic acids is 1. The van der Waals surface area contributed by atoms with E-state index in [9.17, 15) is 4.79 Å². The van der Waals surface area contributed by atoms with Crippen molar-refractivity contribution in [2.45, 2.75) is 50.3 Å². The van der Waals surface area contributed by atoms with Gasteiger partial charge in [-0.3, -0.25) is 4.90 Å². The average molecular weight is 343 g/mol. The maximum Gasteiger partial charge on any atom is 0.317 e. The summed E-state index contributed by atoms with van der Waals surface area (Å²) in [4.78, 5) is 16.8. The van der Waals surface area contributed by atoms with Crippen LogP contribution in [0.3, 0.4) is 0 Å². The highest BCUT2D eigenvalue weighted by atomic mass is 16.5. The number of benzene rings is 1. The van der Waals surface area contributed by atoms with Crippen molar-refractivity contribution in [3.05, 3.63) is 35.9 Å². The van der Waals surface area contributed by atoms with Crippen molar-refractivity contribution in [1.82, 2.24) is 15.1 Å². The molecule has 3 saturated heterocycles. The Labute approximate surface area is 150 Å². The van der Waals surface area contributed by atoms with E-state index in [0.717, 1.165) is 71.4 Å². The van der Waals surface area contributed by atoms with Crippen LogP contribution in [0.25, 0.3) is 0 Å². The van der Waals surface area contributed by atoms with Crippen LogP contribution < -0.4 is 5.32 Å². The highest BCUT2D eigenvalue weighted by Gasteiger charge is 2.43. The molecule has 3 aliphatic rings. The summed E-state index contributed by atoms with van der Waals surface area (Å²) < 4.78 is 6.23. The van der Waals surface area contributed by atoms with E-state index in [0.29, 0.717) is 0 Å². The van der Waals surface area contributed by atoms with Crippen LogP contribution in [0.1, 0.15) is 37.7 Å². The lowest BCUT2D eigenvalue weighted by Crippen LogP contribution is -2.52. The number of ether oxygens (including phenoxy) is 1. The van der Waals surface area contributed by atoms with Gasteiger partial charge < -0.3 is 15.0 Å². The number of hydrogen-bond donors (Lipinski definition) is 1. The molecule has 5 nitrogen and oxygen atoms in total. The van der Waals surface area contributed by atoms with Gasteiger partial charge in [0, 0.05) is 45.4 Å². The van der Waals surface area contributed by atoms with Gasteiger partial charge in [0.05, 0.1) is 5.60 Å². The number of carbonyl (C=O) groups is 1. The SMILES string of the molecule is O=C(N[C@H]1CCO[C@]2(CCN(Cc3ccccc3)C2)C1)N1CCCC1. The predicted molar refractivity (Wildman–Crippen MR) is 97.4 cm³/mol. The second-order valence-corrected chi connectivity index (χ2v) is 7.81. The summed E-state index contributed by atoms with van der Waals surface area (Å²) in [5.41, 5.74) is 1.28. The summed E-state index contributed by atoms with van der Waals surface area (Å²) >= 11 is 0. The summed E-state index contributed by atoms with van der Waals surface area (Å²) in [5.74, 6) is 0. The van der Waals surface area contributed by atoms with Gasteiger partial charge in [-0.15, -0.1) is 0 Å². The van der Waals surface area contributed by atoms with Crippen LogP contribution in [-0.4, -0.2) is 60.3 Å². The molecule has 25 heavy (non-hydrogen) atoms. The van der Waals surface area contributed by atoms with Crippen molar-refractivity contribution in [1.29, 1.82) is 0 Å². The number of rotatable bonds is 3. The fourth-order valence-electron chi connectivity index (χ4n) is 4.53. The van der Waals surface area contributed by atoms with Crippen molar-refractivity contribution < 1.29 is 9.53 Å². The molecule has 1 aromatic carbocycles. The molecule has 3 heterocycles. The first-order valence-electron chi connectivity index (χ1n) is 9.68. The second-order valence-electron chi connectivity index (χ2n) is 7.81. The minimum atomic E-state index is -0.0734. The highest BCUT2D eigenvalue weighted by Crippen LogP contribution is 2.35. The number of nitrogens with one attached hydrogen (secondary N) is 1. The lowest BCUT2D eigenvalue weighted by molar-refractivity contribution is -0.0792. The Kier molecular flexibility index (Phi) is 4.95. The Morgan fingerprint density at radius 3 is 2.80 bits per heavy atom. The summed E-state index contributed by atoms with van der Waals surface area (Å²) in [6.07, 6.45) is 5.22. The molecule has 0 unspecified atom stereocenters. The smallest absolute Gasteiger partial charge is 0.317 e. The maximum absolute atomic E-state index is 12.4. The third-order valence-electron chi connectivity index (χ3n) is 5.86. The van der Waals surface area contributed by atoms with E-state index in [1.807, 2.05) is 4.90 Å². The topological polar surface area (TPSA) is 44.8 Å².